The Hall–Kier alpha value is 0.390. The van der Waals surface area contributed by atoms with Gasteiger partial charge in [0.15, 0.2) is 6.29 Å². The van der Waals surface area contributed by atoms with Crippen LogP contribution in [0.4, 0.5) is 0 Å². The van der Waals surface area contributed by atoms with Crippen molar-refractivity contribution < 1.29 is 9.47 Å². The molecule has 70 valence electrons. The fraction of sp³-hybridized carbons (Fsp3) is 0.778. The van der Waals surface area contributed by atoms with E-state index in [2.05, 4.69) is 35.6 Å². The Morgan fingerprint density at radius 3 is 3.08 bits per heavy atom. The molecule has 0 spiro atoms. The predicted octanol–water partition coefficient (Wildman–Crippen LogP) is 2.87. The molecule has 0 aromatic carbocycles. The summed E-state index contributed by atoms with van der Waals surface area (Å²) in [5, 5.41) is 0. The van der Waals surface area contributed by atoms with Crippen LogP contribution in [-0.2, 0) is 9.47 Å². The molecule has 0 saturated carbocycles. The second-order valence-electron chi connectivity index (χ2n) is 2.92. The van der Waals surface area contributed by atoms with E-state index in [1.165, 1.54) is 16.4 Å². The van der Waals surface area contributed by atoms with E-state index in [4.69, 9.17) is 9.47 Å². The second kappa shape index (κ2) is 5.94. The van der Waals surface area contributed by atoms with Gasteiger partial charge < -0.3 is 9.47 Å². The molecule has 0 aromatic heterocycles. The molecule has 0 N–H and O–H groups in total. The average Bonchev–Trinajstić information content (AvgIpc) is 2.05. The number of rotatable bonds is 3. The molecule has 1 fully saturated rings. The van der Waals surface area contributed by atoms with E-state index in [-0.39, 0.29) is 6.29 Å². The lowest BCUT2D eigenvalue weighted by atomic mass is 10.2. The summed E-state index contributed by atoms with van der Waals surface area (Å²) in [5.74, 6) is 0. The van der Waals surface area contributed by atoms with Crippen LogP contribution < -0.4 is 0 Å². The first-order valence-corrected chi connectivity index (χ1v) is 5.42. The van der Waals surface area contributed by atoms with E-state index in [9.17, 15) is 0 Å². The SMILES string of the molecule is C/C(I)=C/COC1CCCCO1. The van der Waals surface area contributed by atoms with Crippen LogP contribution in [0.1, 0.15) is 26.2 Å². The molecule has 0 amide bonds. The summed E-state index contributed by atoms with van der Waals surface area (Å²) in [6, 6.07) is 0. The number of ether oxygens (including phenoxy) is 2. The maximum Gasteiger partial charge on any atom is 0.157 e. The Balaban J connectivity index is 2.09. The van der Waals surface area contributed by atoms with Crippen molar-refractivity contribution in [1.82, 2.24) is 0 Å². The van der Waals surface area contributed by atoms with Crippen molar-refractivity contribution in [1.29, 1.82) is 0 Å². The highest BCUT2D eigenvalue weighted by Gasteiger charge is 2.12. The van der Waals surface area contributed by atoms with Crippen molar-refractivity contribution in [2.45, 2.75) is 32.5 Å². The highest BCUT2D eigenvalue weighted by atomic mass is 127. The van der Waals surface area contributed by atoms with E-state index in [0.717, 1.165) is 13.0 Å². The molecule has 2 nitrogen and oxygen atoms in total. The Morgan fingerprint density at radius 1 is 1.67 bits per heavy atom. The van der Waals surface area contributed by atoms with Crippen molar-refractivity contribution in [2.75, 3.05) is 13.2 Å². The van der Waals surface area contributed by atoms with Gasteiger partial charge in [0.05, 0.1) is 6.61 Å². The van der Waals surface area contributed by atoms with Crippen LogP contribution in [0, 0.1) is 0 Å². The molecular formula is C9H15IO2. The minimum Gasteiger partial charge on any atom is -0.353 e. The topological polar surface area (TPSA) is 18.5 Å². The number of hydrogen-bond donors (Lipinski definition) is 0. The van der Waals surface area contributed by atoms with Gasteiger partial charge in [-0.2, -0.15) is 0 Å². The largest absolute Gasteiger partial charge is 0.353 e. The van der Waals surface area contributed by atoms with Crippen LogP contribution in [0.5, 0.6) is 0 Å². The van der Waals surface area contributed by atoms with Crippen LogP contribution in [-0.4, -0.2) is 19.5 Å². The summed E-state index contributed by atoms with van der Waals surface area (Å²) in [6.07, 6.45) is 5.58. The molecule has 3 heteroatoms. The van der Waals surface area contributed by atoms with Gasteiger partial charge in [0.2, 0.25) is 0 Å². The van der Waals surface area contributed by atoms with E-state index < -0.39 is 0 Å². The van der Waals surface area contributed by atoms with E-state index in [1.807, 2.05) is 0 Å². The van der Waals surface area contributed by atoms with E-state index in [0.29, 0.717) is 6.61 Å². The molecule has 1 atom stereocenters. The van der Waals surface area contributed by atoms with Gasteiger partial charge in [-0.15, -0.1) is 0 Å². The Morgan fingerprint density at radius 2 is 2.50 bits per heavy atom. The Kier molecular flexibility index (Phi) is 5.18. The third-order valence-electron chi connectivity index (χ3n) is 1.78. The Bertz CT molecular complexity index is 147. The minimum atomic E-state index is 0.0470. The van der Waals surface area contributed by atoms with Crippen molar-refractivity contribution >= 4 is 22.6 Å². The normalized spacial score (nSPS) is 25.8. The average molecular weight is 282 g/mol. The molecule has 12 heavy (non-hydrogen) atoms. The lowest BCUT2D eigenvalue weighted by Crippen LogP contribution is -2.22. The van der Waals surface area contributed by atoms with Crippen LogP contribution in [0.15, 0.2) is 9.66 Å². The summed E-state index contributed by atoms with van der Waals surface area (Å²) in [7, 11) is 0. The van der Waals surface area contributed by atoms with Crippen molar-refractivity contribution in [3.8, 4) is 0 Å². The molecule has 1 unspecified atom stereocenters. The predicted molar refractivity (Wildman–Crippen MR) is 57.3 cm³/mol. The molecule has 1 heterocycles. The summed E-state index contributed by atoms with van der Waals surface area (Å²) < 4.78 is 12.2. The first-order valence-electron chi connectivity index (χ1n) is 4.34. The summed E-state index contributed by atoms with van der Waals surface area (Å²) in [6.45, 7) is 3.60. The fourth-order valence-electron chi connectivity index (χ4n) is 1.11. The maximum atomic E-state index is 5.49. The first kappa shape index (κ1) is 10.5. The van der Waals surface area contributed by atoms with Crippen LogP contribution in [0.25, 0.3) is 0 Å². The second-order valence-corrected chi connectivity index (χ2v) is 4.62. The standard InChI is InChI=1S/C9H15IO2/c1-8(10)5-7-12-9-4-2-3-6-11-9/h5,9H,2-4,6-7H2,1H3/b8-5-. The van der Waals surface area contributed by atoms with Gasteiger partial charge in [0.25, 0.3) is 0 Å². The molecule has 0 bridgehead atoms. The van der Waals surface area contributed by atoms with Gasteiger partial charge >= 0.3 is 0 Å². The molecule has 1 aliphatic rings. The monoisotopic (exact) mass is 282 g/mol. The molecular weight excluding hydrogens is 267 g/mol. The van der Waals surface area contributed by atoms with Crippen molar-refractivity contribution in [3.63, 3.8) is 0 Å². The van der Waals surface area contributed by atoms with E-state index in [1.54, 1.807) is 0 Å². The third-order valence-corrected chi connectivity index (χ3v) is 2.23. The minimum absolute atomic E-state index is 0.0470. The first-order chi connectivity index (χ1) is 5.79. The highest BCUT2D eigenvalue weighted by Crippen LogP contribution is 2.13. The van der Waals surface area contributed by atoms with Gasteiger partial charge in [-0.05, 0) is 58.4 Å². The molecule has 1 saturated heterocycles. The summed E-state index contributed by atoms with van der Waals surface area (Å²) in [4.78, 5) is 0. The molecule has 0 aromatic rings. The molecule has 1 rings (SSSR count). The lowest BCUT2D eigenvalue weighted by molar-refractivity contribution is -0.155. The van der Waals surface area contributed by atoms with Gasteiger partial charge in [-0.3, -0.25) is 0 Å². The van der Waals surface area contributed by atoms with Crippen LogP contribution >= 0.6 is 22.6 Å². The zero-order valence-electron chi connectivity index (χ0n) is 7.38. The molecule has 1 aliphatic heterocycles. The number of hydrogen-bond acceptors (Lipinski definition) is 2. The summed E-state index contributed by atoms with van der Waals surface area (Å²) >= 11 is 2.28. The summed E-state index contributed by atoms with van der Waals surface area (Å²) in [5.41, 5.74) is 0. The molecule has 0 aliphatic carbocycles. The fourth-order valence-corrected chi connectivity index (χ4v) is 1.29. The van der Waals surface area contributed by atoms with Gasteiger partial charge in [-0.25, -0.2) is 0 Å². The Labute approximate surface area is 87.5 Å². The van der Waals surface area contributed by atoms with Crippen molar-refractivity contribution in [3.05, 3.63) is 9.66 Å². The number of halogens is 1. The zero-order chi connectivity index (χ0) is 8.81. The van der Waals surface area contributed by atoms with Gasteiger partial charge in [0, 0.05) is 6.61 Å². The maximum absolute atomic E-state index is 5.49. The smallest absolute Gasteiger partial charge is 0.157 e. The van der Waals surface area contributed by atoms with Crippen molar-refractivity contribution in [2.24, 2.45) is 0 Å². The highest BCUT2D eigenvalue weighted by molar-refractivity contribution is 14.1. The lowest BCUT2D eigenvalue weighted by Gasteiger charge is -2.21. The van der Waals surface area contributed by atoms with E-state index >= 15 is 0 Å². The molecule has 0 radical (unpaired) electrons. The zero-order valence-corrected chi connectivity index (χ0v) is 9.54. The van der Waals surface area contributed by atoms with Gasteiger partial charge in [-0.1, -0.05) is 0 Å². The van der Waals surface area contributed by atoms with Crippen LogP contribution in [0.2, 0.25) is 0 Å². The van der Waals surface area contributed by atoms with Crippen LogP contribution in [0.3, 0.4) is 0 Å². The van der Waals surface area contributed by atoms with Gasteiger partial charge in [0.1, 0.15) is 0 Å². The number of allylic oxidation sites excluding steroid dienone is 1. The quantitative estimate of drug-likeness (QED) is 0.741. The third kappa shape index (κ3) is 4.42.